The van der Waals surface area contributed by atoms with Gasteiger partial charge < -0.3 is 9.80 Å². The van der Waals surface area contributed by atoms with Crippen LogP contribution in [0.3, 0.4) is 0 Å². The van der Waals surface area contributed by atoms with E-state index >= 15 is 0 Å². The first-order chi connectivity index (χ1) is 15.9. The van der Waals surface area contributed by atoms with Crippen LogP contribution in [0.1, 0.15) is 11.6 Å². The second kappa shape index (κ2) is 8.79. The highest BCUT2D eigenvalue weighted by Gasteiger charge is 2.50. The fourth-order valence-corrected chi connectivity index (χ4v) is 4.42. The molecular weight excluding hydrogens is 392 g/mol. The first kappa shape index (κ1) is 19.6. The molecule has 0 amide bonds. The molecule has 0 bridgehead atoms. The van der Waals surface area contributed by atoms with Crippen LogP contribution in [0.25, 0.3) is 0 Å². The predicted octanol–water partition coefficient (Wildman–Crippen LogP) is 6.33. The third-order valence-electron chi connectivity index (χ3n) is 5.78. The number of amidine groups is 1. The van der Waals surface area contributed by atoms with Crippen molar-refractivity contribution < 1.29 is 0 Å². The zero-order valence-electron chi connectivity index (χ0n) is 17.5. The van der Waals surface area contributed by atoms with Crippen molar-refractivity contribution in [2.45, 2.75) is 12.1 Å². The van der Waals surface area contributed by atoms with Gasteiger partial charge in [-0.3, -0.25) is 0 Å². The lowest BCUT2D eigenvalue weighted by Gasteiger charge is -2.54. The maximum absolute atomic E-state index is 9.58. The summed E-state index contributed by atoms with van der Waals surface area (Å²) in [4.78, 5) is 8.78. The highest BCUT2D eigenvalue weighted by molar-refractivity contribution is 6.12. The summed E-state index contributed by atoms with van der Waals surface area (Å²) < 4.78 is 0. The van der Waals surface area contributed by atoms with Gasteiger partial charge >= 0.3 is 0 Å². The molecule has 2 atom stereocenters. The molecule has 0 N–H and O–H groups in total. The van der Waals surface area contributed by atoms with Crippen LogP contribution in [0.5, 0.6) is 0 Å². The normalized spacial score (nSPS) is 18.6. The second-order valence-corrected chi connectivity index (χ2v) is 7.62. The Morgan fingerprint density at radius 1 is 0.656 bits per heavy atom. The number of hydrogen-bond acceptors (Lipinski definition) is 3. The van der Waals surface area contributed by atoms with Crippen molar-refractivity contribution in [3.63, 3.8) is 0 Å². The fourth-order valence-electron chi connectivity index (χ4n) is 4.42. The number of para-hydroxylation sites is 3. The zero-order chi connectivity index (χ0) is 21.8. The Labute approximate surface area is 188 Å². The van der Waals surface area contributed by atoms with Crippen molar-refractivity contribution in [2.24, 2.45) is 4.99 Å². The lowest BCUT2D eigenvalue weighted by atomic mass is 9.85. The van der Waals surface area contributed by atoms with Gasteiger partial charge in [0, 0.05) is 17.1 Å². The van der Waals surface area contributed by atoms with E-state index in [4.69, 9.17) is 0 Å². The second-order valence-electron chi connectivity index (χ2n) is 7.62. The van der Waals surface area contributed by atoms with Gasteiger partial charge in [0.2, 0.25) is 6.19 Å². The summed E-state index contributed by atoms with van der Waals surface area (Å²) in [5.74, 6) is 0.736. The highest BCUT2D eigenvalue weighted by atomic mass is 15.4. The molecule has 0 aromatic heterocycles. The van der Waals surface area contributed by atoms with Gasteiger partial charge in [-0.05, 0) is 42.0 Å². The minimum atomic E-state index is -0.137. The summed E-state index contributed by atoms with van der Waals surface area (Å²) in [5.41, 5.74) is 4.31. The minimum absolute atomic E-state index is 0.00823. The first-order valence-electron chi connectivity index (χ1n) is 10.6. The van der Waals surface area contributed by atoms with Crippen molar-refractivity contribution in [2.75, 3.05) is 9.80 Å². The third kappa shape index (κ3) is 3.51. The van der Waals surface area contributed by atoms with Crippen LogP contribution < -0.4 is 9.80 Å². The Bertz CT molecular complexity index is 1190. The molecule has 4 aromatic carbocycles. The van der Waals surface area contributed by atoms with Gasteiger partial charge in [-0.25, -0.2) is 0 Å². The highest BCUT2D eigenvalue weighted by Crippen LogP contribution is 2.46. The summed E-state index contributed by atoms with van der Waals surface area (Å²) >= 11 is 0. The molecule has 1 heterocycles. The number of nitriles is 1. The van der Waals surface area contributed by atoms with E-state index < -0.39 is 0 Å². The molecule has 4 aromatic rings. The maximum atomic E-state index is 9.58. The van der Waals surface area contributed by atoms with E-state index in [0.717, 1.165) is 22.9 Å². The van der Waals surface area contributed by atoms with Crippen molar-refractivity contribution in [1.82, 2.24) is 0 Å². The Kier molecular flexibility index (Phi) is 5.38. The topological polar surface area (TPSA) is 42.6 Å². The summed E-state index contributed by atoms with van der Waals surface area (Å²) in [6, 6.07) is 41.0. The van der Waals surface area contributed by atoms with Crippen LogP contribution in [-0.4, -0.2) is 11.9 Å². The van der Waals surface area contributed by atoms with Crippen molar-refractivity contribution >= 4 is 22.9 Å². The third-order valence-corrected chi connectivity index (χ3v) is 5.78. The molecule has 1 saturated heterocycles. The van der Waals surface area contributed by atoms with Crippen LogP contribution in [0, 0.1) is 11.5 Å². The molecule has 0 radical (unpaired) electrons. The number of anilines is 3. The minimum Gasteiger partial charge on any atom is -0.328 e. The number of hydrogen-bond donors (Lipinski definition) is 0. The quantitative estimate of drug-likeness (QED) is 0.358. The molecule has 4 heteroatoms. The van der Waals surface area contributed by atoms with Crippen molar-refractivity contribution in [1.29, 1.82) is 5.26 Å². The molecule has 0 unspecified atom stereocenters. The zero-order valence-corrected chi connectivity index (χ0v) is 17.5. The number of aliphatic imine (C=N–C) groups is 1. The molecule has 0 spiro atoms. The molecule has 1 aliphatic heterocycles. The number of rotatable bonds is 5. The number of nitrogens with zero attached hydrogens (tertiary/aromatic N) is 4. The van der Waals surface area contributed by atoms with Gasteiger partial charge in [0.25, 0.3) is 0 Å². The summed E-state index contributed by atoms with van der Waals surface area (Å²) in [5, 5.41) is 9.58. The van der Waals surface area contributed by atoms with Crippen LogP contribution in [0.4, 0.5) is 17.1 Å². The molecule has 154 valence electrons. The van der Waals surface area contributed by atoms with Crippen LogP contribution in [0.2, 0.25) is 0 Å². The Morgan fingerprint density at radius 3 is 1.62 bits per heavy atom. The summed E-state index contributed by atoms with van der Waals surface area (Å²) in [7, 11) is 0. The predicted molar refractivity (Wildman–Crippen MR) is 130 cm³/mol. The Balaban J connectivity index is 1.70. The molecule has 0 aliphatic carbocycles. The molecule has 1 aliphatic rings. The average molecular weight is 415 g/mol. The van der Waals surface area contributed by atoms with E-state index in [1.54, 1.807) is 0 Å². The van der Waals surface area contributed by atoms with Crippen LogP contribution in [0.15, 0.2) is 126 Å². The van der Waals surface area contributed by atoms with Gasteiger partial charge in [0.1, 0.15) is 11.9 Å². The SMILES string of the molecule is N#CN=C1[C@H](N(c2ccccc2)c2ccccc2)[C@@H](c2ccccc2)N1c1ccccc1. The Morgan fingerprint density at radius 2 is 1.12 bits per heavy atom. The van der Waals surface area contributed by atoms with Gasteiger partial charge in [0.15, 0.2) is 0 Å². The largest absolute Gasteiger partial charge is 0.328 e. The lowest BCUT2D eigenvalue weighted by molar-refractivity contribution is 0.554. The van der Waals surface area contributed by atoms with Gasteiger partial charge in [0.05, 0.1) is 6.04 Å². The molecule has 0 saturated carbocycles. The maximum Gasteiger partial charge on any atom is 0.207 e. The van der Waals surface area contributed by atoms with E-state index in [9.17, 15) is 5.26 Å². The molecular formula is C28H22N4. The van der Waals surface area contributed by atoms with Gasteiger partial charge in [-0.15, -0.1) is 0 Å². The van der Waals surface area contributed by atoms with E-state index in [2.05, 4.69) is 75.5 Å². The molecule has 4 nitrogen and oxygen atoms in total. The molecule has 1 fully saturated rings. The van der Waals surface area contributed by atoms with E-state index in [-0.39, 0.29) is 12.1 Å². The molecule has 5 rings (SSSR count). The van der Waals surface area contributed by atoms with Gasteiger partial charge in [-0.1, -0.05) is 84.9 Å². The summed E-state index contributed by atoms with van der Waals surface area (Å²) in [6.45, 7) is 0. The smallest absolute Gasteiger partial charge is 0.207 e. The van der Waals surface area contributed by atoms with Crippen LogP contribution in [-0.2, 0) is 0 Å². The van der Waals surface area contributed by atoms with E-state index in [0.29, 0.717) is 0 Å². The fraction of sp³-hybridized carbons (Fsp3) is 0.0714. The lowest BCUT2D eigenvalue weighted by Crippen LogP contribution is -2.65. The Hall–Kier alpha value is -4.36. The van der Waals surface area contributed by atoms with Crippen LogP contribution >= 0.6 is 0 Å². The van der Waals surface area contributed by atoms with Crippen molar-refractivity contribution in [3.8, 4) is 6.19 Å². The molecule has 32 heavy (non-hydrogen) atoms. The van der Waals surface area contributed by atoms with E-state index in [1.165, 1.54) is 5.56 Å². The monoisotopic (exact) mass is 414 g/mol. The summed E-state index contributed by atoms with van der Waals surface area (Å²) in [6.07, 6.45) is 2.05. The van der Waals surface area contributed by atoms with Gasteiger partial charge in [-0.2, -0.15) is 10.3 Å². The number of benzene rings is 4. The first-order valence-corrected chi connectivity index (χ1v) is 10.6. The van der Waals surface area contributed by atoms with Crippen molar-refractivity contribution in [3.05, 3.63) is 127 Å². The standard InChI is InChI=1S/C28H22N4/c29-21-30-28-27(31(23-15-7-2-8-16-23)24-17-9-3-10-18-24)26(22-13-5-1-6-14-22)32(28)25-19-11-4-12-20-25/h1-20,26-27H/t26-,27-/m1/s1. The van der Waals surface area contributed by atoms with E-state index in [1.807, 2.05) is 66.9 Å². The average Bonchev–Trinajstić information content (AvgIpc) is 2.86.